The maximum Gasteiger partial charge on any atom is 0.314 e. The maximum atomic E-state index is 13.2. The van der Waals surface area contributed by atoms with Gasteiger partial charge in [-0.2, -0.15) is 4.99 Å². The quantitative estimate of drug-likeness (QED) is 0.746. The fourth-order valence-corrected chi connectivity index (χ4v) is 2.70. The SMILES string of the molecule is COC1=CC(N)=NC1=O.Cc1cc(F)c(Cl)cc1NCc1cc(F)cc(Cl)c1. The first-order chi connectivity index (χ1) is 13.2. The molecule has 0 saturated carbocycles. The Morgan fingerprint density at radius 3 is 2.43 bits per heavy atom. The Morgan fingerprint density at radius 2 is 1.89 bits per heavy atom. The van der Waals surface area contributed by atoms with Crippen molar-refractivity contribution in [1.29, 1.82) is 0 Å². The van der Waals surface area contributed by atoms with Gasteiger partial charge in [-0.15, -0.1) is 0 Å². The number of nitrogens with one attached hydrogen (secondary N) is 1. The standard InChI is InChI=1S/C14H11Cl2F2N.C5H6N2O2/c1-8-2-13(18)12(16)6-14(8)19-7-9-3-10(15)5-11(17)4-9;1-9-3-2-4(6)7-5(3)8/h2-6,19H,7H2,1H3;2H,1H3,(H2,6,7,8). The number of hydrogen-bond acceptors (Lipinski definition) is 4. The van der Waals surface area contributed by atoms with Crippen LogP contribution in [0.25, 0.3) is 0 Å². The zero-order valence-electron chi connectivity index (χ0n) is 15.0. The van der Waals surface area contributed by atoms with Gasteiger partial charge >= 0.3 is 5.91 Å². The van der Waals surface area contributed by atoms with E-state index in [-0.39, 0.29) is 16.6 Å². The van der Waals surface area contributed by atoms with E-state index in [1.807, 2.05) is 0 Å². The van der Waals surface area contributed by atoms with E-state index in [9.17, 15) is 13.6 Å². The van der Waals surface area contributed by atoms with E-state index in [4.69, 9.17) is 28.9 Å². The molecule has 3 N–H and O–H groups in total. The number of amidine groups is 1. The maximum absolute atomic E-state index is 13.2. The molecule has 0 bridgehead atoms. The van der Waals surface area contributed by atoms with Crippen LogP contribution in [-0.2, 0) is 16.1 Å². The number of rotatable bonds is 4. The average Bonchev–Trinajstić information content (AvgIpc) is 2.94. The van der Waals surface area contributed by atoms with Crippen LogP contribution in [0.15, 0.2) is 47.2 Å². The number of carbonyl (C=O) groups excluding carboxylic acids is 1. The van der Waals surface area contributed by atoms with Crippen molar-refractivity contribution in [2.24, 2.45) is 10.7 Å². The van der Waals surface area contributed by atoms with Gasteiger partial charge in [-0.05, 0) is 48.4 Å². The fraction of sp³-hybridized carbons (Fsp3) is 0.158. The first-order valence-corrected chi connectivity index (χ1v) is 8.74. The monoisotopic (exact) mass is 427 g/mol. The summed E-state index contributed by atoms with van der Waals surface area (Å²) in [5.41, 5.74) is 7.29. The van der Waals surface area contributed by atoms with Gasteiger partial charge in [0.05, 0.1) is 12.1 Å². The number of amides is 1. The summed E-state index contributed by atoms with van der Waals surface area (Å²) in [5.74, 6) is -0.851. The van der Waals surface area contributed by atoms with Gasteiger partial charge in [0.1, 0.15) is 17.5 Å². The Bertz CT molecular complexity index is 942. The molecule has 1 amide bonds. The highest BCUT2D eigenvalue weighted by molar-refractivity contribution is 6.31. The van der Waals surface area contributed by atoms with Crippen LogP contribution < -0.4 is 11.1 Å². The Hall–Kier alpha value is -2.64. The molecule has 0 fully saturated rings. The molecule has 0 aliphatic carbocycles. The number of methoxy groups -OCH3 is 1. The molecule has 9 heteroatoms. The molecular formula is C19H17Cl2F2N3O2. The van der Waals surface area contributed by atoms with Crippen LogP contribution >= 0.6 is 23.2 Å². The third-order valence-corrected chi connectivity index (χ3v) is 4.12. The van der Waals surface area contributed by atoms with Crippen molar-refractivity contribution < 1.29 is 18.3 Å². The molecule has 1 aliphatic heterocycles. The number of halogens is 4. The number of benzene rings is 2. The van der Waals surface area contributed by atoms with E-state index in [0.29, 0.717) is 22.8 Å². The van der Waals surface area contributed by atoms with Crippen molar-refractivity contribution in [3.63, 3.8) is 0 Å². The number of nitrogens with two attached hydrogens (primary N) is 1. The Morgan fingerprint density at radius 1 is 1.18 bits per heavy atom. The van der Waals surface area contributed by atoms with Crippen LogP contribution in [0.1, 0.15) is 11.1 Å². The van der Waals surface area contributed by atoms with Crippen LogP contribution in [0.5, 0.6) is 0 Å². The van der Waals surface area contributed by atoms with Crippen LogP contribution in [0, 0.1) is 18.6 Å². The van der Waals surface area contributed by atoms with Crippen molar-refractivity contribution in [2.75, 3.05) is 12.4 Å². The lowest BCUT2D eigenvalue weighted by Gasteiger charge is -2.11. The van der Waals surface area contributed by atoms with Crippen LogP contribution in [0.4, 0.5) is 14.5 Å². The molecule has 148 valence electrons. The zero-order valence-corrected chi connectivity index (χ0v) is 16.5. The van der Waals surface area contributed by atoms with E-state index >= 15 is 0 Å². The summed E-state index contributed by atoms with van der Waals surface area (Å²) in [6.45, 7) is 2.14. The van der Waals surface area contributed by atoms with Gasteiger partial charge in [-0.3, -0.25) is 4.79 Å². The summed E-state index contributed by atoms with van der Waals surface area (Å²) in [7, 11) is 1.40. The fourth-order valence-electron chi connectivity index (χ4n) is 2.29. The molecule has 2 aromatic carbocycles. The van der Waals surface area contributed by atoms with E-state index in [2.05, 4.69) is 15.0 Å². The predicted octanol–water partition coefficient (Wildman–Crippen LogP) is 4.61. The molecular weight excluding hydrogens is 411 g/mol. The molecule has 0 aromatic heterocycles. The summed E-state index contributed by atoms with van der Waals surface area (Å²) in [6.07, 6.45) is 1.39. The second-order valence-corrected chi connectivity index (χ2v) is 6.61. The lowest BCUT2D eigenvalue weighted by atomic mass is 10.1. The van der Waals surface area contributed by atoms with E-state index in [0.717, 1.165) is 5.56 Å². The molecule has 0 saturated heterocycles. The smallest absolute Gasteiger partial charge is 0.314 e. The Kier molecular flexibility index (Phi) is 7.37. The van der Waals surface area contributed by atoms with Gasteiger partial charge < -0.3 is 15.8 Å². The first-order valence-electron chi connectivity index (χ1n) is 7.98. The van der Waals surface area contributed by atoms with Crippen molar-refractivity contribution in [3.8, 4) is 0 Å². The molecule has 0 atom stereocenters. The zero-order chi connectivity index (χ0) is 20.8. The van der Waals surface area contributed by atoms with Crippen LogP contribution in [0.3, 0.4) is 0 Å². The number of ether oxygens (including phenoxy) is 1. The van der Waals surface area contributed by atoms with E-state index in [1.165, 1.54) is 37.5 Å². The van der Waals surface area contributed by atoms with Gasteiger partial charge in [-0.1, -0.05) is 23.2 Å². The topological polar surface area (TPSA) is 76.7 Å². The minimum absolute atomic E-state index is 0.0466. The highest BCUT2D eigenvalue weighted by Crippen LogP contribution is 2.24. The number of hydrogen-bond donors (Lipinski definition) is 2. The third-order valence-electron chi connectivity index (χ3n) is 3.61. The average molecular weight is 428 g/mol. The minimum Gasteiger partial charge on any atom is -0.491 e. The summed E-state index contributed by atoms with van der Waals surface area (Å²) in [6, 6.07) is 7.15. The molecule has 0 unspecified atom stereocenters. The molecule has 5 nitrogen and oxygen atoms in total. The molecule has 2 aromatic rings. The molecule has 0 radical (unpaired) electrons. The highest BCUT2D eigenvalue weighted by atomic mass is 35.5. The lowest BCUT2D eigenvalue weighted by molar-refractivity contribution is -0.116. The predicted molar refractivity (Wildman–Crippen MR) is 107 cm³/mol. The summed E-state index contributed by atoms with van der Waals surface area (Å²) in [5, 5.41) is 3.46. The minimum atomic E-state index is -0.460. The normalized spacial score (nSPS) is 12.7. The molecule has 28 heavy (non-hydrogen) atoms. The van der Waals surface area contributed by atoms with Crippen molar-refractivity contribution in [1.82, 2.24) is 0 Å². The molecule has 3 rings (SSSR count). The summed E-state index contributed by atoms with van der Waals surface area (Å²) < 4.78 is 31.0. The number of aryl methyl sites for hydroxylation is 1. The van der Waals surface area contributed by atoms with Crippen molar-refractivity contribution in [3.05, 3.63) is 75.0 Å². The Labute approximate surface area is 170 Å². The number of nitrogens with zero attached hydrogens (tertiary/aromatic N) is 1. The van der Waals surface area contributed by atoms with Gasteiger partial charge in [0.15, 0.2) is 5.76 Å². The third kappa shape index (κ3) is 5.94. The number of anilines is 1. The van der Waals surface area contributed by atoms with Crippen molar-refractivity contribution >= 4 is 40.6 Å². The van der Waals surface area contributed by atoms with Gasteiger partial charge in [0.25, 0.3) is 0 Å². The van der Waals surface area contributed by atoms with Crippen molar-refractivity contribution in [2.45, 2.75) is 13.5 Å². The van der Waals surface area contributed by atoms with Gasteiger partial charge in [0, 0.05) is 23.3 Å². The highest BCUT2D eigenvalue weighted by Gasteiger charge is 2.15. The second-order valence-electron chi connectivity index (χ2n) is 5.77. The molecule has 1 aliphatic rings. The van der Waals surface area contributed by atoms with E-state index in [1.54, 1.807) is 13.0 Å². The summed E-state index contributed by atoms with van der Waals surface area (Å²) in [4.78, 5) is 13.9. The lowest BCUT2D eigenvalue weighted by Crippen LogP contribution is -2.04. The van der Waals surface area contributed by atoms with Crippen LogP contribution in [0.2, 0.25) is 10.0 Å². The van der Waals surface area contributed by atoms with Gasteiger partial charge in [-0.25, -0.2) is 8.78 Å². The first kappa shape index (κ1) is 21.7. The van der Waals surface area contributed by atoms with E-state index < -0.39 is 17.5 Å². The largest absolute Gasteiger partial charge is 0.491 e. The summed E-state index contributed by atoms with van der Waals surface area (Å²) >= 11 is 11.5. The molecule has 1 heterocycles. The second kappa shape index (κ2) is 9.52. The molecule has 0 spiro atoms. The van der Waals surface area contributed by atoms with Crippen LogP contribution in [-0.4, -0.2) is 18.9 Å². The number of aliphatic imine (C=N–C) groups is 1. The Balaban J connectivity index is 0.000000261. The number of carbonyl (C=O) groups is 1. The van der Waals surface area contributed by atoms with Gasteiger partial charge in [0.2, 0.25) is 0 Å².